The Kier molecular flexibility index (Phi) is 4.87. The molecule has 5 nitrogen and oxygen atoms in total. The fraction of sp³-hybridized carbons (Fsp3) is 0.412. The number of aryl methyl sites for hydroxylation is 1. The summed E-state index contributed by atoms with van der Waals surface area (Å²) in [6.45, 7) is 3.35. The van der Waals surface area contributed by atoms with Gasteiger partial charge in [-0.25, -0.2) is 9.37 Å². The Hall–Kier alpha value is -1.92. The van der Waals surface area contributed by atoms with Gasteiger partial charge in [-0.2, -0.15) is 0 Å². The number of fused-ring (bicyclic) bond motifs is 1. The molecule has 3 rings (SSSR count). The summed E-state index contributed by atoms with van der Waals surface area (Å²) in [5.41, 5.74) is 2.36. The summed E-state index contributed by atoms with van der Waals surface area (Å²) < 4.78 is 20.9. The molecule has 24 heavy (non-hydrogen) atoms. The molecule has 0 aliphatic carbocycles. The van der Waals surface area contributed by atoms with Crippen LogP contribution in [0.5, 0.6) is 0 Å². The van der Waals surface area contributed by atoms with Crippen LogP contribution >= 0.6 is 11.6 Å². The highest BCUT2D eigenvalue weighted by molar-refractivity contribution is 6.31. The molecule has 128 valence electrons. The van der Waals surface area contributed by atoms with Crippen molar-refractivity contribution in [1.29, 1.82) is 0 Å². The van der Waals surface area contributed by atoms with Crippen LogP contribution in [0.2, 0.25) is 5.02 Å². The van der Waals surface area contributed by atoms with Gasteiger partial charge in [-0.3, -0.25) is 4.79 Å². The molecule has 0 fully saturated rings. The maximum Gasteiger partial charge on any atom is 0.254 e. The lowest BCUT2D eigenvalue weighted by molar-refractivity contribution is 0.0387. The van der Waals surface area contributed by atoms with Crippen molar-refractivity contribution in [3.05, 3.63) is 52.3 Å². The number of hydrogen-bond acceptors (Lipinski definition) is 3. The molecule has 0 bridgehead atoms. The number of amides is 1. The highest BCUT2D eigenvalue weighted by Crippen LogP contribution is 2.25. The third kappa shape index (κ3) is 3.16. The van der Waals surface area contributed by atoms with E-state index in [0.29, 0.717) is 31.7 Å². The molecule has 0 saturated carbocycles. The van der Waals surface area contributed by atoms with E-state index >= 15 is 0 Å². The zero-order valence-corrected chi connectivity index (χ0v) is 14.4. The minimum absolute atomic E-state index is 0.0576. The lowest BCUT2D eigenvalue weighted by Crippen LogP contribution is -2.47. The van der Waals surface area contributed by atoms with Crippen LogP contribution in [-0.2, 0) is 24.8 Å². The molecule has 0 radical (unpaired) electrons. The summed E-state index contributed by atoms with van der Waals surface area (Å²) in [6.07, 6.45) is 2.43. The monoisotopic (exact) mass is 351 g/mol. The number of aromatic nitrogens is 2. The number of carbonyl (C=O) groups excluding carboxylic acids is 1. The predicted molar refractivity (Wildman–Crippen MR) is 88.5 cm³/mol. The fourth-order valence-corrected chi connectivity index (χ4v) is 3.14. The van der Waals surface area contributed by atoms with Crippen LogP contribution in [0, 0.1) is 5.82 Å². The summed E-state index contributed by atoms with van der Waals surface area (Å²) in [6, 6.07) is 3.94. The lowest BCUT2D eigenvalue weighted by atomic mass is 10.0. The van der Waals surface area contributed by atoms with Gasteiger partial charge < -0.3 is 14.2 Å². The largest absolute Gasteiger partial charge is 0.380 e. The summed E-state index contributed by atoms with van der Waals surface area (Å²) in [5, 5.41) is -0.0576. The molecule has 0 spiro atoms. The van der Waals surface area contributed by atoms with Crippen LogP contribution in [0.4, 0.5) is 4.39 Å². The van der Waals surface area contributed by atoms with E-state index in [2.05, 4.69) is 4.98 Å². The second-order valence-electron chi connectivity index (χ2n) is 5.83. The quantitative estimate of drug-likeness (QED) is 0.851. The first-order valence-electron chi connectivity index (χ1n) is 7.84. The maximum atomic E-state index is 13.4. The van der Waals surface area contributed by atoms with E-state index in [1.165, 1.54) is 18.2 Å². The van der Waals surface area contributed by atoms with Crippen LogP contribution in [0.1, 0.15) is 28.7 Å². The van der Waals surface area contributed by atoms with E-state index < -0.39 is 5.82 Å². The van der Waals surface area contributed by atoms with Crippen LogP contribution in [-0.4, -0.2) is 39.6 Å². The molecule has 1 aromatic heterocycles. The number of rotatable bonds is 4. The highest BCUT2D eigenvalue weighted by atomic mass is 35.5. The second kappa shape index (κ2) is 6.91. The number of imidazole rings is 1. The van der Waals surface area contributed by atoms with Gasteiger partial charge in [0, 0.05) is 31.3 Å². The molecule has 1 aliphatic heterocycles. The van der Waals surface area contributed by atoms with Gasteiger partial charge in [0.15, 0.2) is 0 Å². The molecule has 0 N–H and O–H groups in total. The molecular formula is C17H19ClFN3O2. The van der Waals surface area contributed by atoms with Gasteiger partial charge in [0.2, 0.25) is 0 Å². The third-order valence-electron chi connectivity index (χ3n) is 4.28. The molecular weight excluding hydrogens is 333 g/mol. The first kappa shape index (κ1) is 16.9. The normalized spacial score (nSPS) is 17.0. The SMILES string of the molecule is CCOCC1Cc2c(ncn2C)CN1C(=O)c1ccc(F)c(Cl)c1. The summed E-state index contributed by atoms with van der Waals surface area (Å²) in [5.74, 6) is -0.734. The average molecular weight is 352 g/mol. The molecule has 1 amide bonds. The highest BCUT2D eigenvalue weighted by Gasteiger charge is 2.33. The number of benzene rings is 1. The van der Waals surface area contributed by atoms with E-state index in [4.69, 9.17) is 16.3 Å². The number of nitrogens with zero attached hydrogens (tertiary/aromatic N) is 3. The van der Waals surface area contributed by atoms with Crippen molar-refractivity contribution in [1.82, 2.24) is 14.5 Å². The van der Waals surface area contributed by atoms with Crippen LogP contribution in [0.25, 0.3) is 0 Å². The van der Waals surface area contributed by atoms with Crippen molar-refractivity contribution in [2.45, 2.75) is 25.9 Å². The molecule has 1 aliphatic rings. The first-order valence-corrected chi connectivity index (χ1v) is 8.22. The number of ether oxygens (including phenoxy) is 1. The molecule has 7 heteroatoms. The standard InChI is InChI=1S/C17H19ClFN3O2/c1-3-24-9-12-7-16-15(20-10-21(16)2)8-22(12)17(23)11-4-5-14(19)13(18)6-11/h4-6,10,12H,3,7-9H2,1-2H3. The topological polar surface area (TPSA) is 47.4 Å². The van der Waals surface area contributed by atoms with Crippen molar-refractivity contribution in [3.8, 4) is 0 Å². The van der Waals surface area contributed by atoms with Gasteiger partial charge in [0.25, 0.3) is 5.91 Å². The van der Waals surface area contributed by atoms with E-state index in [1.54, 1.807) is 11.2 Å². The Morgan fingerprint density at radius 1 is 1.50 bits per heavy atom. The molecule has 1 atom stereocenters. The van der Waals surface area contributed by atoms with Gasteiger partial charge in [-0.05, 0) is 25.1 Å². The minimum Gasteiger partial charge on any atom is -0.380 e. The Bertz CT molecular complexity index is 762. The Morgan fingerprint density at radius 2 is 2.29 bits per heavy atom. The Morgan fingerprint density at radius 3 is 3.00 bits per heavy atom. The zero-order valence-electron chi connectivity index (χ0n) is 13.6. The number of carbonyl (C=O) groups is 1. The van der Waals surface area contributed by atoms with E-state index in [-0.39, 0.29) is 17.0 Å². The Balaban J connectivity index is 1.90. The van der Waals surface area contributed by atoms with Crippen molar-refractivity contribution >= 4 is 17.5 Å². The van der Waals surface area contributed by atoms with Crippen LogP contribution < -0.4 is 0 Å². The maximum absolute atomic E-state index is 13.4. The molecule has 1 unspecified atom stereocenters. The van der Waals surface area contributed by atoms with Crippen molar-refractivity contribution in [2.24, 2.45) is 7.05 Å². The average Bonchev–Trinajstić information content (AvgIpc) is 2.94. The zero-order chi connectivity index (χ0) is 17.3. The van der Waals surface area contributed by atoms with E-state index in [1.807, 2.05) is 18.5 Å². The first-order chi connectivity index (χ1) is 11.5. The second-order valence-corrected chi connectivity index (χ2v) is 6.24. The minimum atomic E-state index is -0.537. The van der Waals surface area contributed by atoms with Gasteiger partial charge in [-0.15, -0.1) is 0 Å². The lowest BCUT2D eigenvalue weighted by Gasteiger charge is -2.35. The molecule has 2 aromatic rings. The van der Waals surface area contributed by atoms with Gasteiger partial charge >= 0.3 is 0 Å². The number of hydrogen-bond donors (Lipinski definition) is 0. The van der Waals surface area contributed by atoms with Crippen molar-refractivity contribution < 1.29 is 13.9 Å². The molecule has 1 aromatic carbocycles. The fourth-order valence-electron chi connectivity index (χ4n) is 2.96. The summed E-state index contributed by atoms with van der Waals surface area (Å²) >= 11 is 5.82. The number of halogens is 2. The van der Waals surface area contributed by atoms with E-state index in [9.17, 15) is 9.18 Å². The van der Waals surface area contributed by atoms with Crippen molar-refractivity contribution in [2.75, 3.05) is 13.2 Å². The summed E-state index contributed by atoms with van der Waals surface area (Å²) in [7, 11) is 1.95. The third-order valence-corrected chi connectivity index (χ3v) is 4.57. The van der Waals surface area contributed by atoms with E-state index in [0.717, 1.165) is 11.4 Å². The van der Waals surface area contributed by atoms with Gasteiger partial charge in [0.1, 0.15) is 5.82 Å². The predicted octanol–water partition coefficient (Wildman–Crippen LogP) is 2.82. The van der Waals surface area contributed by atoms with Crippen LogP contribution in [0.3, 0.4) is 0 Å². The molecule has 0 saturated heterocycles. The van der Waals surface area contributed by atoms with Crippen LogP contribution in [0.15, 0.2) is 24.5 Å². The van der Waals surface area contributed by atoms with Gasteiger partial charge in [0.05, 0.1) is 36.2 Å². The van der Waals surface area contributed by atoms with Crippen molar-refractivity contribution in [3.63, 3.8) is 0 Å². The summed E-state index contributed by atoms with van der Waals surface area (Å²) in [4.78, 5) is 19.0. The molecule has 2 heterocycles. The Labute approximate surface area is 145 Å². The van der Waals surface area contributed by atoms with Gasteiger partial charge in [-0.1, -0.05) is 11.6 Å². The smallest absolute Gasteiger partial charge is 0.254 e.